The summed E-state index contributed by atoms with van der Waals surface area (Å²) >= 11 is 0. The second-order valence-corrected chi connectivity index (χ2v) is 3.49. The molecule has 0 spiro atoms. The van der Waals surface area contributed by atoms with Crippen LogP contribution in [0.1, 0.15) is 5.56 Å². The molecular formula is C12H14N2O2. The van der Waals surface area contributed by atoms with Crippen molar-refractivity contribution in [2.45, 2.75) is 6.61 Å². The molecule has 0 radical (unpaired) electrons. The van der Waals surface area contributed by atoms with E-state index >= 15 is 0 Å². The zero-order valence-electron chi connectivity index (χ0n) is 9.38. The highest BCUT2D eigenvalue weighted by molar-refractivity contribution is 5.28. The molecule has 0 saturated carbocycles. The van der Waals surface area contributed by atoms with Crippen molar-refractivity contribution in [2.24, 2.45) is 7.05 Å². The van der Waals surface area contributed by atoms with Gasteiger partial charge in [0, 0.05) is 7.05 Å². The lowest BCUT2D eigenvalue weighted by Gasteiger charge is -2.05. The van der Waals surface area contributed by atoms with Gasteiger partial charge in [-0.05, 0) is 17.7 Å². The Hall–Kier alpha value is -1.97. The molecule has 84 valence electrons. The van der Waals surface area contributed by atoms with Crippen LogP contribution in [0.3, 0.4) is 0 Å². The second kappa shape index (κ2) is 4.70. The van der Waals surface area contributed by atoms with E-state index in [4.69, 9.17) is 9.47 Å². The summed E-state index contributed by atoms with van der Waals surface area (Å²) in [5, 5.41) is 4.03. The van der Waals surface area contributed by atoms with Crippen molar-refractivity contribution >= 4 is 0 Å². The number of hydrogen-bond donors (Lipinski definition) is 0. The highest BCUT2D eigenvalue weighted by Gasteiger charge is 1.99. The smallest absolute Gasteiger partial charge is 0.157 e. The van der Waals surface area contributed by atoms with Gasteiger partial charge in [-0.25, -0.2) is 0 Å². The molecule has 0 fully saturated rings. The molecule has 0 saturated heterocycles. The first-order chi connectivity index (χ1) is 7.78. The van der Waals surface area contributed by atoms with E-state index in [1.807, 2.05) is 37.5 Å². The van der Waals surface area contributed by atoms with Gasteiger partial charge in [0.15, 0.2) is 5.75 Å². The van der Waals surface area contributed by atoms with Gasteiger partial charge in [-0.15, -0.1) is 0 Å². The Bertz CT molecular complexity index is 466. The fraction of sp³-hybridized carbons (Fsp3) is 0.250. The maximum atomic E-state index is 5.57. The third-order valence-electron chi connectivity index (χ3n) is 2.22. The van der Waals surface area contributed by atoms with Crippen molar-refractivity contribution in [2.75, 3.05) is 7.11 Å². The topological polar surface area (TPSA) is 36.3 Å². The Balaban J connectivity index is 1.99. The van der Waals surface area contributed by atoms with Crippen LogP contribution < -0.4 is 9.47 Å². The lowest BCUT2D eigenvalue weighted by atomic mass is 10.2. The van der Waals surface area contributed by atoms with Gasteiger partial charge in [0.05, 0.1) is 19.5 Å². The Labute approximate surface area is 94.4 Å². The Morgan fingerprint density at radius 3 is 2.88 bits per heavy atom. The molecular weight excluding hydrogens is 204 g/mol. The summed E-state index contributed by atoms with van der Waals surface area (Å²) in [4.78, 5) is 0. The molecule has 0 aliphatic heterocycles. The highest BCUT2D eigenvalue weighted by atomic mass is 16.5. The summed E-state index contributed by atoms with van der Waals surface area (Å²) in [7, 11) is 3.51. The number of ether oxygens (including phenoxy) is 2. The number of rotatable bonds is 4. The first kappa shape index (κ1) is 10.5. The van der Waals surface area contributed by atoms with Crippen molar-refractivity contribution < 1.29 is 9.47 Å². The van der Waals surface area contributed by atoms with E-state index in [-0.39, 0.29) is 0 Å². The van der Waals surface area contributed by atoms with Crippen LogP contribution in [0.5, 0.6) is 11.5 Å². The van der Waals surface area contributed by atoms with Gasteiger partial charge in [-0.1, -0.05) is 12.1 Å². The van der Waals surface area contributed by atoms with Gasteiger partial charge in [-0.2, -0.15) is 5.10 Å². The zero-order chi connectivity index (χ0) is 11.4. The molecule has 0 aliphatic rings. The molecule has 16 heavy (non-hydrogen) atoms. The first-order valence-electron chi connectivity index (χ1n) is 5.02. The van der Waals surface area contributed by atoms with E-state index in [2.05, 4.69) is 5.10 Å². The summed E-state index contributed by atoms with van der Waals surface area (Å²) in [5.74, 6) is 1.61. The molecule has 4 heteroatoms. The summed E-state index contributed by atoms with van der Waals surface area (Å²) in [6.07, 6.45) is 3.53. The van der Waals surface area contributed by atoms with Crippen molar-refractivity contribution in [1.29, 1.82) is 0 Å². The molecule has 0 atom stereocenters. The number of methoxy groups -OCH3 is 1. The summed E-state index contributed by atoms with van der Waals surface area (Å²) < 4.78 is 12.4. The van der Waals surface area contributed by atoms with Gasteiger partial charge in [0.2, 0.25) is 0 Å². The van der Waals surface area contributed by atoms with Gasteiger partial charge in [-0.3, -0.25) is 4.68 Å². The first-order valence-corrected chi connectivity index (χ1v) is 5.02. The molecule has 0 bridgehead atoms. The molecule has 0 amide bonds. The molecule has 4 nitrogen and oxygen atoms in total. The van der Waals surface area contributed by atoms with Crippen LogP contribution in [-0.2, 0) is 13.7 Å². The number of nitrogens with zero attached hydrogens (tertiary/aromatic N) is 2. The number of aryl methyl sites for hydroxylation is 1. The molecule has 0 unspecified atom stereocenters. The molecule has 1 heterocycles. The normalized spacial score (nSPS) is 10.1. The van der Waals surface area contributed by atoms with E-state index in [1.54, 1.807) is 18.0 Å². The maximum absolute atomic E-state index is 5.57. The minimum atomic E-state index is 0.517. The zero-order valence-corrected chi connectivity index (χ0v) is 9.38. The van der Waals surface area contributed by atoms with Crippen LogP contribution in [0.4, 0.5) is 0 Å². The Kier molecular flexibility index (Phi) is 3.10. The number of aromatic nitrogens is 2. The van der Waals surface area contributed by atoms with Gasteiger partial charge >= 0.3 is 0 Å². The van der Waals surface area contributed by atoms with E-state index in [0.717, 1.165) is 17.1 Å². The molecule has 2 rings (SSSR count). The fourth-order valence-electron chi connectivity index (χ4n) is 1.40. The van der Waals surface area contributed by atoms with Crippen LogP contribution in [0, 0.1) is 0 Å². The average molecular weight is 218 g/mol. The average Bonchev–Trinajstić information content (AvgIpc) is 2.73. The quantitative estimate of drug-likeness (QED) is 0.787. The third-order valence-corrected chi connectivity index (χ3v) is 2.22. The highest BCUT2D eigenvalue weighted by Crippen LogP contribution is 2.15. The molecule has 1 aromatic carbocycles. The van der Waals surface area contributed by atoms with E-state index in [9.17, 15) is 0 Å². The van der Waals surface area contributed by atoms with Crippen LogP contribution in [0.15, 0.2) is 36.7 Å². The van der Waals surface area contributed by atoms with Gasteiger partial charge < -0.3 is 9.47 Å². The number of hydrogen-bond acceptors (Lipinski definition) is 3. The van der Waals surface area contributed by atoms with E-state index < -0.39 is 0 Å². The summed E-state index contributed by atoms with van der Waals surface area (Å²) in [6.45, 7) is 0.517. The largest absolute Gasteiger partial charge is 0.497 e. The SMILES string of the molecule is COc1cccc(COc2cnn(C)c2)c1. The van der Waals surface area contributed by atoms with Crippen molar-refractivity contribution in [1.82, 2.24) is 9.78 Å². The second-order valence-electron chi connectivity index (χ2n) is 3.49. The van der Waals surface area contributed by atoms with Gasteiger partial charge in [0.1, 0.15) is 12.4 Å². The van der Waals surface area contributed by atoms with Crippen LogP contribution in [0.2, 0.25) is 0 Å². The molecule has 0 N–H and O–H groups in total. The Morgan fingerprint density at radius 1 is 1.31 bits per heavy atom. The standard InChI is InChI=1S/C12H14N2O2/c1-14-8-12(7-13-14)16-9-10-4-3-5-11(6-10)15-2/h3-8H,9H2,1-2H3. The number of benzene rings is 1. The van der Waals surface area contributed by atoms with Gasteiger partial charge in [0.25, 0.3) is 0 Å². The van der Waals surface area contributed by atoms with Crippen molar-refractivity contribution in [3.63, 3.8) is 0 Å². The lowest BCUT2D eigenvalue weighted by molar-refractivity contribution is 0.305. The van der Waals surface area contributed by atoms with Crippen LogP contribution in [0.25, 0.3) is 0 Å². The fourth-order valence-corrected chi connectivity index (χ4v) is 1.40. The third kappa shape index (κ3) is 2.53. The minimum absolute atomic E-state index is 0.517. The van der Waals surface area contributed by atoms with Crippen LogP contribution >= 0.6 is 0 Å². The monoisotopic (exact) mass is 218 g/mol. The van der Waals surface area contributed by atoms with Crippen molar-refractivity contribution in [3.8, 4) is 11.5 Å². The predicted octanol–water partition coefficient (Wildman–Crippen LogP) is 2.01. The molecule has 2 aromatic rings. The van der Waals surface area contributed by atoms with E-state index in [1.165, 1.54) is 0 Å². The van der Waals surface area contributed by atoms with Crippen molar-refractivity contribution in [3.05, 3.63) is 42.2 Å². The predicted molar refractivity (Wildman–Crippen MR) is 60.5 cm³/mol. The molecule has 0 aliphatic carbocycles. The minimum Gasteiger partial charge on any atom is -0.497 e. The van der Waals surface area contributed by atoms with Crippen LogP contribution in [-0.4, -0.2) is 16.9 Å². The summed E-state index contributed by atoms with van der Waals surface area (Å²) in [6, 6.07) is 7.81. The summed E-state index contributed by atoms with van der Waals surface area (Å²) in [5.41, 5.74) is 1.07. The van der Waals surface area contributed by atoms with E-state index in [0.29, 0.717) is 6.61 Å². The maximum Gasteiger partial charge on any atom is 0.157 e. The lowest BCUT2D eigenvalue weighted by Crippen LogP contribution is -1.95. The Morgan fingerprint density at radius 2 is 2.19 bits per heavy atom. The molecule has 1 aromatic heterocycles.